The van der Waals surface area contributed by atoms with Crippen molar-refractivity contribution in [3.05, 3.63) is 59.7 Å². The predicted octanol–water partition coefficient (Wildman–Crippen LogP) is 4.71. The molecule has 2 heterocycles. The molecule has 1 aliphatic heterocycles. The number of nitrogens with zero attached hydrogens (tertiary/aromatic N) is 2. The van der Waals surface area contributed by atoms with Gasteiger partial charge in [-0.1, -0.05) is 24.6 Å². The number of hydrogen-bond acceptors (Lipinski definition) is 5. The predicted molar refractivity (Wildman–Crippen MR) is 130 cm³/mol. The molecule has 6 heteroatoms. The average Bonchev–Trinajstić information content (AvgIpc) is 3.60. The number of imidazole rings is 1. The number of allylic oxidation sites excluding steroid dienone is 1. The normalized spacial score (nSPS) is 37.9. The van der Waals surface area contributed by atoms with Crippen molar-refractivity contribution in [3.8, 4) is 5.69 Å². The second kappa shape index (κ2) is 7.61. The molecule has 2 aromatic rings. The number of hydrogen-bond donors (Lipinski definition) is 1. The Balaban J connectivity index is 1.33. The molecule has 1 spiro atoms. The fourth-order valence-corrected chi connectivity index (χ4v) is 8.37. The summed E-state index contributed by atoms with van der Waals surface area (Å²) >= 11 is 0. The third-order valence-electron chi connectivity index (χ3n) is 10.0. The standard InChI is InChI=1S/C29H34N2O4/c1-27-16-22(19-2-4-20(5-3-19)31-13-12-30-18-31)26-21(23(27)6-7-25(27)32)8-10-28(33)17-29(11-9-24(26)28)34-14-15-35-29/h2-5,12-13,18,21-23,33H,6-11,14-17H2,1H3/t21?,22-,23?,27+,28-/m1/s1. The van der Waals surface area contributed by atoms with Crippen LogP contribution in [0, 0.1) is 17.3 Å². The Kier molecular flexibility index (Phi) is 4.77. The van der Waals surface area contributed by atoms with E-state index < -0.39 is 11.4 Å². The van der Waals surface area contributed by atoms with Crippen LogP contribution in [-0.2, 0) is 14.3 Å². The summed E-state index contributed by atoms with van der Waals surface area (Å²) in [5.74, 6) is 0.718. The number of fused-ring (bicyclic) bond motifs is 4. The maximum absolute atomic E-state index is 13.2. The highest BCUT2D eigenvalue weighted by Gasteiger charge is 2.60. The maximum atomic E-state index is 13.2. The van der Waals surface area contributed by atoms with Gasteiger partial charge in [-0.2, -0.15) is 0 Å². The smallest absolute Gasteiger partial charge is 0.171 e. The fraction of sp³-hybridized carbons (Fsp3) is 0.586. The van der Waals surface area contributed by atoms with Crippen LogP contribution in [-0.4, -0.2) is 45.0 Å². The maximum Gasteiger partial charge on any atom is 0.171 e. The van der Waals surface area contributed by atoms with Crippen LogP contribution in [0.2, 0.25) is 0 Å². The number of rotatable bonds is 2. The zero-order chi connectivity index (χ0) is 23.8. The van der Waals surface area contributed by atoms with E-state index >= 15 is 0 Å². The Morgan fingerprint density at radius 2 is 1.89 bits per heavy atom. The van der Waals surface area contributed by atoms with Crippen LogP contribution in [0.3, 0.4) is 0 Å². The molecular formula is C29H34N2O4. The number of benzene rings is 1. The third kappa shape index (κ3) is 3.19. The van der Waals surface area contributed by atoms with Crippen LogP contribution in [0.5, 0.6) is 0 Å². The Morgan fingerprint density at radius 1 is 1.09 bits per heavy atom. The van der Waals surface area contributed by atoms with Gasteiger partial charge in [-0.15, -0.1) is 0 Å². The fourth-order valence-electron chi connectivity index (χ4n) is 8.37. The second-order valence-corrected chi connectivity index (χ2v) is 11.7. The molecule has 1 saturated heterocycles. The van der Waals surface area contributed by atoms with Gasteiger partial charge in [-0.05, 0) is 67.2 Å². The van der Waals surface area contributed by atoms with Gasteiger partial charge in [0, 0.05) is 48.7 Å². The van der Waals surface area contributed by atoms with Gasteiger partial charge < -0.3 is 19.1 Å². The van der Waals surface area contributed by atoms with Crippen molar-refractivity contribution in [3.63, 3.8) is 0 Å². The summed E-state index contributed by atoms with van der Waals surface area (Å²) in [6.07, 6.45) is 11.9. The first-order valence-corrected chi connectivity index (χ1v) is 13.3. The van der Waals surface area contributed by atoms with Crippen molar-refractivity contribution >= 4 is 5.78 Å². The number of Topliss-reactive ketones (excluding diaryl/α,β-unsaturated/α-hetero) is 1. The minimum absolute atomic E-state index is 0.154. The number of ether oxygens (including phenoxy) is 2. The molecule has 35 heavy (non-hydrogen) atoms. The summed E-state index contributed by atoms with van der Waals surface area (Å²) in [6.45, 7) is 3.44. The van der Waals surface area contributed by atoms with E-state index in [-0.39, 0.29) is 11.3 Å². The molecule has 1 N–H and O–H groups in total. The zero-order valence-electron chi connectivity index (χ0n) is 20.4. The van der Waals surface area contributed by atoms with Crippen LogP contribution in [0.25, 0.3) is 5.69 Å². The highest BCUT2D eigenvalue weighted by atomic mass is 16.7. The molecule has 4 fully saturated rings. The molecule has 6 nitrogen and oxygen atoms in total. The summed E-state index contributed by atoms with van der Waals surface area (Å²) in [5, 5.41) is 12.1. The molecule has 1 aromatic carbocycles. The van der Waals surface area contributed by atoms with E-state index in [2.05, 4.69) is 36.2 Å². The highest BCUT2D eigenvalue weighted by molar-refractivity contribution is 5.87. The van der Waals surface area contributed by atoms with Crippen molar-refractivity contribution in [2.45, 2.75) is 75.6 Å². The SMILES string of the molecule is C[C@]12C[C@H](c3ccc(-n4ccnc4)cc3)C3=C4CCC5(C[C@]4(O)CCC3C1CCC2=O)OCCO5. The lowest BCUT2D eigenvalue weighted by molar-refractivity contribution is -0.208. The molecule has 5 atom stereocenters. The molecule has 4 aliphatic carbocycles. The van der Waals surface area contributed by atoms with Gasteiger partial charge >= 0.3 is 0 Å². The van der Waals surface area contributed by atoms with Gasteiger partial charge in [0.25, 0.3) is 0 Å². The Hall–Kier alpha value is -2.28. The average molecular weight is 475 g/mol. The van der Waals surface area contributed by atoms with Gasteiger partial charge in [0.15, 0.2) is 5.79 Å². The van der Waals surface area contributed by atoms with Crippen LogP contribution in [0.15, 0.2) is 54.1 Å². The summed E-state index contributed by atoms with van der Waals surface area (Å²) < 4.78 is 14.1. The molecule has 0 amide bonds. The first-order chi connectivity index (χ1) is 16.9. The first kappa shape index (κ1) is 22.0. The van der Waals surface area contributed by atoms with E-state index in [1.807, 2.05) is 17.1 Å². The van der Waals surface area contributed by atoms with Crippen molar-refractivity contribution in [2.24, 2.45) is 17.3 Å². The van der Waals surface area contributed by atoms with Crippen molar-refractivity contribution < 1.29 is 19.4 Å². The zero-order valence-corrected chi connectivity index (χ0v) is 20.4. The molecule has 7 rings (SSSR count). The van der Waals surface area contributed by atoms with Crippen molar-refractivity contribution in [1.82, 2.24) is 9.55 Å². The Bertz CT molecular complexity index is 1180. The van der Waals surface area contributed by atoms with Crippen LogP contribution < -0.4 is 0 Å². The molecule has 3 saturated carbocycles. The van der Waals surface area contributed by atoms with Gasteiger partial charge in [0.2, 0.25) is 0 Å². The molecule has 5 aliphatic rings. The van der Waals surface area contributed by atoms with Crippen LogP contribution >= 0.6 is 0 Å². The number of carbonyl (C=O) groups is 1. The summed E-state index contributed by atoms with van der Waals surface area (Å²) in [7, 11) is 0. The van der Waals surface area contributed by atoms with Crippen LogP contribution in [0.4, 0.5) is 0 Å². The van der Waals surface area contributed by atoms with Gasteiger partial charge in [0.1, 0.15) is 5.78 Å². The van der Waals surface area contributed by atoms with E-state index in [9.17, 15) is 9.90 Å². The lowest BCUT2D eigenvalue weighted by Gasteiger charge is -2.55. The molecule has 0 radical (unpaired) electrons. The molecule has 184 valence electrons. The van der Waals surface area contributed by atoms with E-state index in [1.54, 1.807) is 6.20 Å². The quantitative estimate of drug-likeness (QED) is 0.638. The number of aromatic nitrogens is 2. The lowest BCUT2D eigenvalue weighted by atomic mass is 9.51. The van der Waals surface area contributed by atoms with E-state index in [0.717, 1.165) is 44.2 Å². The Labute approximate surface area is 206 Å². The number of carbonyl (C=O) groups excluding carboxylic acids is 1. The van der Waals surface area contributed by atoms with Crippen LogP contribution in [0.1, 0.15) is 69.8 Å². The van der Waals surface area contributed by atoms with Gasteiger partial charge in [0.05, 0.1) is 25.1 Å². The Morgan fingerprint density at radius 3 is 2.63 bits per heavy atom. The minimum atomic E-state index is -0.875. The van der Waals surface area contributed by atoms with Crippen molar-refractivity contribution in [1.29, 1.82) is 0 Å². The minimum Gasteiger partial charge on any atom is -0.385 e. The lowest BCUT2D eigenvalue weighted by Crippen LogP contribution is -2.53. The van der Waals surface area contributed by atoms with E-state index in [1.165, 1.54) is 16.7 Å². The second-order valence-electron chi connectivity index (χ2n) is 11.7. The monoisotopic (exact) mass is 474 g/mol. The molecular weight excluding hydrogens is 440 g/mol. The number of aliphatic hydroxyl groups is 1. The largest absolute Gasteiger partial charge is 0.385 e. The van der Waals surface area contributed by atoms with Crippen molar-refractivity contribution in [2.75, 3.05) is 13.2 Å². The van der Waals surface area contributed by atoms with E-state index in [4.69, 9.17) is 9.47 Å². The van der Waals surface area contributed by atoms with Gasteiger partial charge in [-0.3, -0.25) is 4.79 Å². The van der Waals surface area contributed by atoms with Gasteiger partial charge in [-0.25, -0.2) is 4.98 Å². The highest BCUT2D eigenvalue weighted by Crippen LogP contribution is 2.64. The summed E-state index contributed by atoms with van der Waals surface area (Å²) in [5.41, 5.74) is 3.83. The summed E-state index contributed by atoms with van der Waals surface area (Å²) in [4.78, 5) is 17.4. The topological polar surface area (TPSA) is 73.6 Å². The molecule has 1 aromatic heterocycles. The molecule has 2 unspecified atom stereocenters. The first-order valence-electron chi connectivity index (χ1n) is 13.3. The summed E-state index contributed by atoms with van der Waals surface area (Å²) in [6, 6.07) is 8.73. The van der Waals surface area contributed by atoms with E-state index in [0.29, 0.717) is 43.7 Å². The number of ketones is 1. The third-order valence-corrected chi connectivity index (χ3v) is 10.0. The molecule has 0 bridgehead atoms.